The third-order valence-electron chi connectivity index (χ3n) is 6.14. The Labute approximate surface area is 161 Å². The van der Waals surface area contributed by atoms with Crippen molar-refractivity contribution in [3.05, 3.63) is 34.4 Å². The van der Waals surface area contributed by atoms with Gasteiger partial charge in [0.1, 0.15) is 17.1 Å². The van der Waals surface area contributed by atoms with E-state index in [0.717, 1.165) is 43.2 Å². The number of benzene rings is 1. The summed E-state index contributed by atoms with van der Waals surface area (Å²) in [7, 11) is 0. The number of ether oxygens (including phenoxy) is 1. The molecule has 0 unspecified atom stereocenters. The second-order valence-electron chi connectivity index (χ2n) is 8.49. The lowest BCUT2D eigenvalue weighted by atomic mass is 9.67. The van der Waals surface area contributed by atoms with Crippen LogP contribution in [0.15, 0.2) is 17.7 Å². The molecule has 148 valence electrons. The first kappa shape index (κ1) is 19.7. The molecule has 5 heteroatoms. The number of amides is 1. The van der Waals surface area contributed by atoms with E-state index in [2.05, 4.69) is 39.2 Å². The van der Waals surface area contributed by atoms with Gasteiger partial charge in [-0.3, -0.25) is 10.2 Å². The van der Waals surface area contributed by atoms with E-state index in [1.54, 1.807) is 0 Å². The molecule has 0 aromatic heterocycles. The molecule has 0 bridgehead atoms. The highest BCUT2D eigenvalue weighted by atomic mass is 16.5. The van der Waals surface area contributed by atoms with Gasteiger partial charge in [-0.1, -0.05) is 31.4 Å². The Morgan fingerprint density at radius 1 is 1.41 bits per heavy atom. The van der Waals surface area contributed by atoms with Gasteiger partial charge in [0.15, 0.2) is 0 Å². The minimum atomic E-state index is -0.445. The Hall–Kier alpha value is -2.01. The van der Waals surface area contributed by atoms with E-state index >= 15 is 0 Å². The molecule has 0 spiro atoms. The van der Waals surface area contributed by atoms with Crippen LogP contribution in [0, 0.1) is 5.92 Å². The van der Waals surface area contributed by atoms with E-state index in [-0.39, 0.29) is 23.2 Å². The van der Waals surface area contributed by atoms with Crippen LogP contribution in [0.5, 0.6) is 11.5 Å². The SMILES string of the molecule is CCCCCc1cc2c(c(O)c1C(=O)NN)[C@@H]1C=C(C)CC[C@H]1C(C)(C)O2. The summed E-state index contributed by atoms with van der Waals surface area (Å²) < 4.78 is 6.37. The van der Waals surface area contributed by atoms with Crippen molar-refractivity contribution in [3.8, 4) is 11.5 Å². The maximum Gasteiger partial charge on any atom is 0.269 e. The van der Waals surface area contributed by atoms with E-state index < -0.39 is 5.91 Å². The number of phenols is 1. The molecular weight excluding hydrogens is 340 g/mol. The molecule has 0 fully saturated rings. The van der Waals surface area contributed by atoms with Gasteiger partial charge >= 0.3 is 0 Å². The van der Waals surface area contributed by atoms with Gasteiger partial charge in [0.05, 0.1) is 5.56 Å². The topological polar surface area (TPSA) is 84.6 Å². The molecule has 1 aromatic rings. The molecule has 0 saturated carbocycles. The predicted molar refractivity (Wildman–Crippen MR) is 107 cm³/mol. The number of rotatable bonds is 5. The fourth-order valence-electron chi connectivity index (χ4n) is 4.70. The zero-order valence-corrected chi connectivity index (χ0v) is 16.9. The summed E-state index contributed by atoms with van der Waals surface area (Å²) in [4.78, 5) is 12.5. The Kier molecular flexibility index (Phi) is 5.52. The molecule has 4 N–H and O–H groups in total. The second-order valence-corrected chi connectivity index (χ2v) is 8.49. The number of hydrogen-bond donors (Lipinski definition) is 3. The number of carbonyl (C=O) groups excluding carboxylic acids is 1. The molecule has 1 aliphatic heterocycles. The molecule has 2 atom stereocenters. The number of hydrazine groups is 1. The lowest BCUT2D eigenvalue weighted by Gasteiger charge is -2.46. The first-order chi connectivity index (χ1) is 12.8. The number of phenolic OH excluding ortho intramolecular Hbond substituents is 1. The number of aryl methyl sites for hydroxylation is 1. The van der Waals surface area contributed by atoms with Crippen molar-refractivity contribution in [2.24, 2.45) is 11.8 Å². The zero-order chi connectivity index (χ0) is 19.8. The van der Waals surface area contributed by atoms with Crippen molar-refractivity contribution >= 4 is 5.91 Å². The molecule has 1 aliphatic carbocycles. The lowest BCUT2D eigenvalue weighted by molar-refractivity contribution is 0.0107. The van der Waals surface area contributed by atoms with Gasteiger partial charge in [0.25, 0.3) is 5.91 Å². The number of fused-ring (bicyclic) bond motifs is 3. The van der Waals surface area contributed by atoms with E-state index in [1.165, 1.54) is 5.57 Å². The summed E-state index contributed by atoms with van der Waals surface area (Å²) in [5, 5.41) is 11.1. The largest absolute Gasteiger partial charge is 0.507 e. The van der Waals surface area contributed by atoms with Crippen molar-refractivity contribution in [3.63, 3.8) is 0 Å². The predicted octanol–water partition coefficient (Wildman–Crippen LogP) is 4.34. The Bertz CT molecular complexity index is 767. The van der Waals surface area contributed by atoms with Crippen LogP contribution < -0.4 is 16.0 Å². The minimum Gasteiger partial charge on any atom is -0.507 e. The van der Waals surface area contributed by atoms with Crippen LogP contribution >= 0.6 is 0 Å². The van der Waals surface area contributed by atoms with E-state index in [1.807, 2.05) is 6.07 Å². The van der Waals surface area contributed by atoms with Gasteiger partial charge in [-0.05, 0) is 58.1 Å². The van der Waals surface area contributed by atoms with E-state index in [4.69, 9.17) is 10.6 Å². The van der Waals surface area contributed by atoms with E-state index in [0.29, 0.717) is 17.7 Å². The Morgan fingerprint density at radius 2 is 2.15 bits per heavy atom. The Morgan fingerprint density at radius 3 is 2.81 bits per heavy atom. The van der Waals surface area contributed by atoms with Crippen molar-refractivity contribution in [2.75, 3.05) is 0 Å². The number of nitrogens with one attached hydrogen (secondary N) is 1. The maximum absolute atomic E-state index is 12.5. The van der Waals surface area contributed by atoms with E-state index in [9.17, 15) is 9.90 Å². The normalized spacial score (nSPS) is 22.9. The Balaban J connectivity index is 2.16. The molecule has 1 amide bonds. The first-order valence-corrected chi connectivity index (χ1v) is 10.1. The maximum atomic E-state index is 12.5. The molecule has 0 radical (unpaired) electrons. The highest BCUT2D eigenvalue weighted by molar-refractivity contribution is 5.99. The van der Waals surface area contributed by atoms with Crippen LogP contribution in [-0.2, 0) is 6.42 Å². The van der Waals surface area contributed by atoms with Gasteiger partial charge in [0, 0.05) is 17.4 Å². The molecule has 27 heavy (non-hydrogen) atoms. The van der Waals surface area contributed by atoms with Gasteiger partial charge in [0.2, 0.25) is 0 Å². The third kappa shape index (κ3) is 3.57. The number of nitrogens with two attached hydrogens (primary N) is 1. The number of allylic oxidation sites excluding steroid dienone is 2. The van der Waals surface area contributed by atoms with Gasteiger partial charge < -0.3 is 9.84 Å². The summed E-state index contributed by atoms with van der Waals surface area (Å²) >= 11 is 0. The smallest absolute Gasteiger partial charge is 0.269 e. The summed E-state index contributed by atoms with van der Waals surface area (Å²) in [6.07, 6.45) is 8.11. The molecule has 5 nitrogen and oxygen atoms in total. The summed E-state index contributed by atoms with van der Waals surface area (Å²) in [5.41, 5.74) is 5.03. The number of nitrogen functional groups attached to an aromatic ring is 1. The molecular formula is C22H32N2O3. The molecule has 2 aliphatic rings. The highest BCUT2D eigenvalue weighted by Crippen LogP contribution is 2.54. The van der Waals surface area contributed by atoms with Gasteiger partial charge in [-0.2, -0.15) is 0 Å². The quantitative estimate of drug-likeness (QED) is 0.236. The number of hydrogen-bond acceptors (Lipinski definition) is 4. The van der Waals surface area contributed by atoms with Crippen molar-refractivity contribution < 1.29 is 14.6 Å². The number of unbranched alkanes of at least 4 members (excludes halogenated alkanes) is 2. The monoisotopic (exact) mass is 372 g/mol. The van der Waals surface area contributed by atoms with Crippen LogP contribution in [0.1, 0.15) is 87.2 Å². The fourth-order valence-corrected chi connectivity index (χ4v) is 4.70. The van der Waals surface area contributed by atoms with Crippen LogP contribution in [0.25, 0.3) is 0 Å². The van der Waals surface area contributed by atoms with Crippen LogP contribution in [0.2, 0.25) is 0 Å². The average Bonchev–Trinajstić information content (AvgIpc) is 2.60. The van der Waals surface area contributed by atoms with Crippen LogP contribution in [0.4, 0.5) is 0 Å². The second kappa shape index (κ2) is 7.55. The van der Waals surface area contributed by atoms with Gasteiger partial charge in [-0.15, -0.1) is 0 Å². The summed E-state index contributed by atoms with van der Waals surface area (Å²) in [6, 6.07) is 1.95. The van der Waals surface area contributed by atoms with Gasteiger partial charge in [-0.25, -0.2) is 5.84 Å². The van der Waals surface area contributed by atoms with Crippen molar-refractivity contribution in [2.45, 2.75) is 77.7 Å². The highest BCUT2D eigenvalue weighted by Gasteiger charge is 2.46. The lowest BCUT2D eigenvalue weighted by Crippen LogP contribution is -2.45. The van der Waals surface area contributed by atoms with Crippen LogP contribution in [-0.4, -0.2) is 16.6 Å². The zero-order valence-electron chi connectivity index (χ0n) is 16.9. The van der Waals surface area contributed by atoms with Crippen molar-refractivity contribution in [1.29, 1.82) is 0 Å². The van der Waals surface area contributed by atoms with Crippen LogP contribution in [0.3, 0.4) is 0 Å². The molecule has 1 aromatic carbocycles. The molecule has 3 rings (SSSR count). The number of carbonyl (C=O) groups is 1. The summed E-state index contributed by atoms with van der Waals surface area (Å²) in [5.74, 6) is 6.01. The first-order valence-electron chi connectivity index (χ1n) is 10.1. The average molecular weight is 373 g/mol. The standard InChI is InChI=1S/C22H32N2O3/c1-5-6-7-8-14-12-17-19(20(25)18(14)21(26)24-23)15-11-13(2)9-10-16(15)22(3,4)27-17/h11-12,15-16,25H,5-10,23H2,1-4H3,(H,24,26)/t15-,16-/m1/s1. The minimum absolute atomic E-state index is 0.0263. The van der Waals surface area contributed by atoms with Crippen molar-refractivity contribution in [1.82, 2.24) is 5.43 Å². The molecule has 0 saturated heterocycles. The fraction of sp³-hybridized carbons (Fsp3) is 0.591. The third-order valence-corrected chi connectivity index (χ3v) is 6.14. The molecule has 1 heterocycles. The number of aromatic hydroxyl groups is 1. The summed E-state index contributed by atoms with van der Waals surface area (Å²) in [6.45, 7) is 8.51.